The van der Waals surface area contributed by atoms with Crippen molar-refractivity contribution >= 4 is 46.9 Å². The highest BCUT2D eigenvalue weighted by Crippen LogP contribution is 2.27. The minimum Gasteiger partial charge on any atom is -0.325 e. The van der Waals surface area contributed by atoms with Crippen LogP contribution in [0.3, 0.4) is 0 Å². The van der Waals surface area contributed by atoms with Crippen LogP contribution in [0, 0.1) is 0 Å². The van der Waals surface area contributed by atoms with E-state index in [4.69, 9.17) is 0 Å². The molecule has 4 aromatic rings. The fourth-order valence-electron chi connectivity index (χ4n) is 3.96. The Bertz CT molecular complexity index is 1520. The predicted octanol–water partition coefficient (Wildman–Crippen LogP) is 7.34. The third-order valence-corrected chi connectivity index (χ3v) is 7.35. The summed E-state index contributed by atoms with van der Waals surface area (Å²) in [5.74, 6) is -0.535. The summed E-state index contributed by atoms with van der Waals surface area (Å²) < 4.78 is 0. The maximum absolute atomic E-state index is 13.3. The Morgan fingerprint density at radius 2 is 1.37 bits per heavy atom. The van der Waals surface area contributed by atoms with Crippen LogP contribution in [0.4, 0.5) is 11.4 Å². The molecule has 7 heteroatoms. The van der Waals surface area contributed by atoms with E-state index in [-0.39, 0.29) is 22.8 Å². The fourth-order valence-corrected chi connectivity index (χ4v) is 4.88. The molecule has 0 aliphatic carbocycles. The number of anilines is 2. The first-order valence-electron chi connectivity index (χ1n) is 13.4. The van der Waals surface area contributed by atoms with Crippen molar-refractivity contribution in [3.05, 3.63) is 132 Å². The van der Waals surface area contributed by atoms with Crippen LogP contribution in [-0.4, -0.2) is 23.0 Å². The molecule has 0 bridgehead atoms. The molecule has 0 radical (unpaired) electrons. The van der Waals surface area contributed by atoms with E-state index in [1.165, 1.54) is 17.3 Å². The van der Waals surface area contributed by atoms with E-state index in [0.29, 0.717) is 17.2 Å². The van der Waals surface area contributed by atoms with Crippen molar-refractivity contribution < 1.29 is 14.4 Å². The first-order chi connectivity index (χ1) is 19.8. The highest BCUT2D eigenvalue weighted by Gasteiger charge is 2.17. The van der Waals surface area contributed by atoms with Gasteiger partial charge in [-0.05, 0) is 72.5 Å². The van der Waals surface area contributed by atoms with Crippen LogP contribution in [-0.2, 0) is 9.59 Å². The Kier molecular flexibility index (Phi) is 10.1. The molecule has 1 unspecified atom stereocenters. The largest absolute Gasteiger partial charge is 0.325 e. The number of rotatable bonds is 10. The molecule has 0 fully saturated rings. The van der Waals surface area contributed by atoms with Gasteiger partial charge in [0.25, 0.3) is 11.8 Å². The number of thioether (sulfide) groups is 1. The van der Waals surface area contributed by atoms with E-state index in [9.17, 15) is 14.4 Å². The number of amides is 3. The number of nitrogens with one attached hydrogen (secondary N) is 3. The third-order valence-electron chi connectivity index (χ3n) is 6.26. The molecular weight excluding hydrogens is 530 g/mol. The van der Waals surface area contributed by atoms with Gasteiger partial charge in [0.1, 0.15) is 5.70 Å². The van der Waals surface area contributed by atoms with Gasteiger partial charge in [0.05, 0.1) is 5.25 Å². The molecular formula is C34H33N3O3S. The average Bonchev–Trinajstić information content (AvgIpc) is 2.98. The smallest absolute Gasteiger partial charge is 0.272 e. The van der Waals surface area contributed by atoms with Crippen LogP contribution in [0.2, 0.25) is 0 Å². The van der Waals surface area contributed by atoms with Gasteiger partial charge < -0.3 is 16.0 Å². The van der Waals surface area contributed by atoms with Gasteiger partial charge in [-0.1, -0.05) is 80.6 Å². The highest BCUT2D eigenvalue weighted by molar-refractivity contribution is 8.00. The van der Waals surface area contributed by atoms with Crippen LogP contribution in [0.1, 0.15) is 48.2 Å². The van der Waals surface area contributed by atoms with Crippen LogP contribution in [0.15, 0.2) is 120 Å². The first-order valence-corrected chi connectivity index (χ1v) is 14.3. The molecule has 3 N–H and O–H groups in total. The van der Waals surface area contributed by atoms with Crippen molar-refractivity contribution in [2.75, 3.05) is 10.6 Å². The molecule has 0 saturated heterocycles. The number of carbonyl (C=O) groups is 3. The Morgan fingerprint density at radius 3 is 2.02 bits per heavy atom. The van der Waals surface area contributed by atoms with Gasteiger partial charge in [-0.25, -0.2) is 0 Å². The summed E-state index contributed by atoms with van der Waals surface area (Å²) in [7, 11) is 0. The molecule has 0 spiro atoms. The van der Waals surface area contributed by atoms with Crippen molar-refractivity contribution in [3.8, 4) is 0 Å². The molecule has 41 heavy (non-hydrogen) atoms. The summed E-state index contributed by atoms with van der Waals surface area (Å²) >= 11 is 1.39. The molecule has 0 saturated carbocycles. The third kappa shape index (κ3) is 8.68. The van der Waals surface area contributed by atoms with Gasteiger partial charge in [0, 0.05) is 21.8 Å². The molecule has 4 rings (SSSR count). The maximum atomic E-state index is 13.3. The summed E-state index contributed by atoms with van der Waals surface area (Å²) in [5, 5.41) is 8.23. The Morgan fingerprint density at radius 1 is 0.707 bits per heavy atom. The first kappa shape index (κ1) is 29.4. The van der Waals surface area contributed by atoms with Crippen molar-refractivity contribution in [2.24, 2.45) is 0 Å². The van der Waals surface area contributed by atoms with E-state index in [2.05, 4.69) is 29.8 Å². The monoisotopic (exact) mass is 563 g/mol. The zero-order valence-electron chi connectivity index (χ0n) is 23.3. The lowest BCUT2D eigenvalue weighted by Gasteiger charge is -2.14. The maximum Gasteiger partial charge on any atom is 0.272 e. The lowest BCUT2D eigenvalue weighted by molar-refractivity contribution is -0.115. The quantitative estimate of drug-likeness (QED) is 0.139. The van der Waals surface area contributed by atoms with E-state index < -0.39 is 5.91 Å². The van der Waals surface area contributed by atoms with Gasteiger partial charge in [-0.15, -0.1) is 11.8 Å². The molecule has 0 heterocycles. The minimum absolute atomic E-state index is 0.111. The SMILES string of the molecule is CC(Sc1cccc(NC(=O)/C(=C/c2ccccc2)NC(=O)c2ccccc2)c1)C(=O)Nc1ccc(C(C)C)cc1. The van der Waals surface area contributed by atoms with Crippen LogP contribution in [0.5, 0.6) is 0 Å². The Labute approximate surface area is 245 Å². The number of hydrogen-bond acceptors (Lipinski definition) is 4. The molecule has 6 nitrogen and oxygen atoms in total. The topological polar surface area (TPSA) is 87.3 Å². The van der Waals surface area contributed by atoms with Gasteiger partial charge in [0.15, 0.2) is 0 Å². The molecule has 1 atom stereocenters. The average molecular weight is 564 g/mol. The summed E-state index contributed by atoms with van der Waals surface area (Å²) in [6.07, 6.45) is 1.63. The van der Waals surface area contributed by atoms with Crippen molar-refractivity contribution in [3.63, 3.8) is 0 Å². The zero-order valence-corrected chi connectivity index (χ0v) is 24.1. The molecule has 3 amide bonds. The van der Waals surface area contributed by atoms with Gasteiger partial charge in [-0.3, -0.25) is 14.4 Å². The predicted molar refractivity (Wildman–Crippen MR) is 168 cm³/mol. The standard InChI is InChI=1S/C34H33N3O3S/c1-23(2)26-17-19-28(20-18-26)35-32(38)24(3)41-30-16-10-15-29(22-30)36-34(40)31(21-25-11-6-4-7-12-25)37-33(39)27-13-8-5-9-14-27/h4-24H,1-3H3,(H,35,38)(H,36,40)(H,37,39)/b31-21-. The lowest BCUT2D eigenvalue weighted by atomic mass is 10.0. The second-order valence-electron chi connectivity index (χ2n) is 9.80. The number of hydrogen-bond donors (Lipinski definition) is 3. The van der Waals surface area contributed by atoms with Crippen molar-refractivity contribution in [2.45, 2.75) is 36.8 Å². The zero-order chi connectivity index (χ0) is 29.2. The van der Waals surface area contributed by atoms with E-state index in [0.717, 1.165) is 16.1 Å². The summed E-state index contributed by atoms with van der Waals surface area (Å²) in [4.78, 5) is 39.8. The number of carbonyl (C=O) groups excluding carboxylic acids is 3. The van der Waals surface area contributed by atoms with Crippen LogP contribution in [0.25, 0.3) is 6.08 Å². The summed E-state index contributed by atoms with van der Waals surface area (Å²) in [5.41, 5.74) is 3.84. The number of benzene rings is 4. The Balaban J connectivity index is 1.43. The summed E-state index contributed by atoms with van der Waals surface area (Å²) in [6.45, 7) is 6.10. The van der Waals surface area contributed by atoms with Crippen LogP contribution >= 0.6 is 11.8 Å². The van der Waals surface area contributed by atoms with Crippen molar-refractivity contribution in [1.82, 2.24) is 5.32 Å². The van der Waals surface area contributed by atoms with E-state index >= 15 is 0 Å². The normalized spacial score (nSPS) is 12.0. The minimum atomic E-state index is -0.462. The van der Waals surface area contributed by atoms with Gasteiger partial charge >= 0.3 is 0 Å². The van der Waals surface area contributed by atoms with Crippen molar-refractivity contribution in [1.29, 1.82) is 0 Å². The van der Waals surface area contributed by atoms with Crippen LogP contribution < -0.4 is 16.0 Å². The van der Waals surface area contributed by atoms with Gasteiger partial charge in [0.2, 0.25) is 5.91 Å². The lowest BCUT2D eigenvalue weighted by Crippen LogP contribution is -2.30. The summed E-state index contributed by atoms with van der Waals surface area (Å²) in [6, 6.07) is 33.2. The molecule has 0 aliphatic rings. The molecule has 4 aromatic carbocycles. The molecule has 0 aliphatic heterocycles. The van der Waals surface area contributed by atoms with E-state index in [1.54, 1.807) is 36.4 Å². The molecule has 208 valence electrons. The Hall–Kier alpha value is -4.62. The highest BCUT2D eigenvalue weighted by atomic mass is 32.2. The molecule has 0 aromatic heterocycles. The fraction of sp³-hybridized carbons (Fsp3) is 0.147. The second-order valence-corrected chi connectivity index (χ2v) is 11.2. The second kappa shape index (κ2) is 14.1. The van der Waals surface area contributed by atoms with Gasteiger partial charge in [-0.2, -0.15) is 0 Å². The van der Waals surface area contributed by atoms with E-state index in [1.807, 2.05) is 85.8 Å².